The molecule has 0 aliphatic heterocycles. The average Bonchev–Trinajstić information content (AvgIpc) is 2.78. The number of nitrogens with zero attached hydrogens (tertiary/aromatic N) is 3. The molecule has 4 N–H and O–H groups in total. The van der Waals surface area contributed by atoms with Crippen LogP contribution in [0, 0.1) is 5.92 Å². The topological polar surface area (TPSA) is 97.6 Å². The fourth-order valence-electron chi connectivity index (χ4n) is 2.57. The van der Waals surface area contributed by atoms with Crippen molar-refractivity contribution >= 4 is 28.2 Å². The molecule has 0 spiro atoms. The maximum absolute atomic E-state index is 12.3. The minimum absolute atomic E-state index is 0.0254. The summed E-state index contributed by atoms with van der Waals surface area (Å²) in [6.45, 7) is 0.957. The summed E-state index contributed by atoms with van der Waals surface area (Å²) in [5.41, 5.74) is 11.8. The number of aromatic nitrogens is 1. The third kappa shape index (κ3) is 4.50. The molecule has 0 radical (unpaired) electrons. The smallest absolute Gasteiger partial charge is 0.212 e. The summed E-state index contributed by atoms with van der Waals surface area (Å²) in [6, 6.07) is 0. The van der Waals surface area contributed by atoms with E-state index in [1.54, 1.807) is 0 Å². The SMILES string of the molecule is CN(C)CCCC(=O)C1CCc2nc(N=C(N)N)sc2C1. The molecule has 1 unspecified atom stereocenters. The second-order valence-corrected chi connectivity index (χ2v) is 6.78. The summed E-state index contributed by atoms with van der Waals surface area (Å²) in [5.74, 6) is 0.531. The highest BCUT2D eigenvalue weighted by Crippen LogP contribution is 2.34. The predicted octanol–water partition coefficient (Wildman–Crippen LogP) is 1.06. The van der Waals surface area contributed by atoms with Crippen LogP contribution in [0.15, 0.2) is 4.99 Å². The molecule has 1 heterocycles. The van der Waals surface area contributed by atoms with Crippen LogP contribution in [0.5, 0.6) is 0 Å². The molecule has 7 heteroatoms. The Morgan fingerprint density at radius 3 is 2.90 bits per heavy atom. The standard InChI is InChI=1S/C14H23N5OS/c1-19(2)7-3-4-11(20)9-5-6-10-12(8-9)21-14(17-10)18-13(15)16/h9H,3-8H2,1-2H3,(H4,15,16,17,18). The van der Waals surface area contributed by atoms with Crippen LogP contribution >= 0.6 is 11.3 Å². The van der Waals surface area contributed by atoms with Crippen LogP contribution in [0.25, 0.3) is 0 Å². The van der Waals surface area contributed by atoms with Crippen LogP contribution in [0.2, 0.25) is 0 Å². The third-order valence-corrected chi connectivity index (χ3v) is 4.65. The molecule has 0 saturated carbocycles. The lowest BCUT2D eigenvalue weighted by molar-refractivity contribution is -0.123. The van der Waals surface area contributed by atoms with E-state index in [2.05, 4.69) is 14.9 Å². The molecule has 0 saturated heterocycles. The predicted molar refractivity (Wildman–Crippen MR) is 85.9 cm³/mol. The Balaban J connectivity index is 1.94. The Morgan fingerprint density at radius 2 is 2.24 bits per heavy atom. The van der Waals surface area contributed by atoms with Gasteiger partial charge in [0.15, 0.2) is 5.96 Å². The van der Waals surface area contributed by atoms with Gasteiger partial charge in [-0.05, 0) is 46.3 Å². The highest BCUT2D eigenvalue weighted by atomic mass is 32.1. The van der Waals surface area contributed by atoms with Crippen molar-refractivity contribution in [2.75, 3.05) is 20.6 Å². The number of carbonyl (C=O) groups excluding carboxylic acids is 1. The van der Waals surface area contributed by atoms with E-state index >= 15 is 0 Å². The second kappa shape index (κ2) is 7.00. The van der Waals surface area contributed by atoms with Crippen LogP contribution in [-0.2, 0) is 17.6 Å². The van der Waals surface area contributed by atoms with Gasteiger partial charge in [0.05, 0.1) is 5.69 Å². The number of aryl methyl sites for hydroxylation is 1. The quantitative estimate of drug-likeness (QED) is 0.605. The van der Waals surface area contributed by atoms with Crippen LogP contribution in [-0.4, -0.2) is 42.3 Å². The van der Waals surface area contributed by atoms with Crippen LogP contribution in [0.3, 0.4) is 0 Å². The first kappa shape index (κ1) is 15.9. The Hall–Kier alpha value is -1.47. The molecule has 1 aliphatic carbocycles. The van der Waals surface area contributed by atoms with Gasteiger partial charge in [-0.3, -0.25) is 4.79 Å². The van der Waals surface area contributed by atoms with Gasteiger partial charge in [-0.1, -0.05) is 11.3 Å². The molecule has 0 bridgehead atoms. The van der Waals surface area contributed by atoms with Crippen molar-refractivity contribution in [3.63, 3.8) is 0 Å². The molecule has 116 valence electrons. The molecule has 1 aliphatic rings. The highest BCUT2D eigenvalue weighted by molar-refractivity contribution is 7.15. The average molecular weight is 309 g/mol. The van der Waals surface area contributed by atoms with Gasteiger partial charge in [0.2, 0.25) is 5.13 Å². The van der Waals surface area contributed by atoms with Crippen molar-refractivity contribution < 1.29 is 4.79 Å². The minimum Gasteiger partial charge on any atom is -0.370 e. The second-order valence-electron chi connectivity index (χ2n) is 5.72. The Bertz CT molecular complexity index is 533. The van der Waals surface area contributed by atoms with Gasteiger partial charge in [0.1, 0.15) is 5.78 Å². The van der Waals surface area contributed by atoms with Gasteiger partial charge in [-0.15, -0.1) is 0 Å². The molecule has 0 amide bonds. The minimum atomic E-state index is 0.0254. The number of rotatable bonds is 6. The first-order valence-corrected chi connectivity index (χ1v) is 8.03. The zero-order valence-corrected chi connectivity index (χ0v) is 13.4. The fourth-order valence-corrected chi connectivity index (χ4v) is 3.65. The number of carbonyl (C=O) groups is 1. The normalized spacial score (nSPS) is 17.6. The van der Waals surface area contributed by atoms with Crippen molar-refractivity contribution in [2.24, 2.45) is 22.4 Å². The number of aliphatic imine (C=N–C) groups is 1. The number of Topliss-reactive ketones (excluding diaryl/α,β-unsaturated/α-hetero) is 1. The zero-order chi connectivity index (χ0) is 15.4. The number of fused-ring (bicyclic) bond motifs is 1. The number of thiazole rings is 1. The van der Waals surface area contributed by atoms with E-state index in [0.29, 0.717) is 17.3 Å². The summed E-state index contributed by atoms with van der Waals surface area (Å²) in [5, 5.41) is 0.598. The van der Waals surface area contributed by atoms with Crippen molar-refractivity contribution in [3.05, 3.63) is 10.6 Å². The molecule has 0 fully saturated rings. The van der Waals surface area contributed by atoms with E-state index in [9.17, 15) is 4.79 Å². The number of ketones is 1. The summed E-state index contributed by atoms with van der Waals surface area (Å²) >= 11 is 1.49. The van der Waals surface area contributed by atoms with Gasteiger partial charge in [0, 0.05) is 17.2 Å². The Kier molecular flexibility index (Phi) is 5.30. The van der Waals surface area contributed by atoms with Gasteiger partial charge >= 0.3 is 0 Å². The molecule has 1 aromatic rings. The largest absolute Gasteiger partial charge is 0.370 e. The molecular formula is C14H23N5OS. The van der Waals surface area contributed by atoms with Gasteiger partial charge in [-0.25, -0.2) is 4.98 Å². The molecule has 1 aromatic heterocycles. The Labute approximate surface area is 129 Å². The summed E-state index contributed by atoms with van der Waals surface area (Å²) in [4.78, 5) is 24.0. The maximum atomic E-state index is 12.3. The fraction of sp³-hybridized carbons (Fsp3) is 0.643. The molecule has 2 rings (SSSR count). The molecule has 6 nitrogen and oxygen atoms in total. The number of guanidine groups is 1. The van der Waals surface area contributed by atoms with Gasteiger partial charge in [-0.2, -0.15) is 4.99 Å². The van der Waals surface area contributed by atoms with Crippen molar-refractivity contribution in [1.29, 1.82) is 0 Å². The van der Waals surface area contributed by atoms with E-state index < -0.39 is 0 Å². The van der Waals surface area contributed by atoms with Crippen LogP contribution < -0.4 is 11.5 Å². The Morgan fingerprint density at radius 1 is 1.48 bits per heavy atom. The first-order valence-electron chi connectivity index (χ1n) is 7.21. The third-order valence-electron chi connectivity index (χ3n) is 3.64. The van der Waals surface area contributed by atoms with Crippen molar-refractivity contribution in [2.45, 2.75) is 32.1 Å². The first-order chi connectivity index (χ1) is 9.95. The maximum Gasteiger partial charge on any atom is 0.212 e. The molecule has 0 aromatic carbocycles. The summed E-state index contributed by atoms with van der Waals surface area (Å²) < 4.78 is 0. The van der Waals surface area contributed by atoms with Crippen LogP contribution in [0.1, 0.15) is 29.8 Å². The number of hydrogen-bond donors (Lipinski definition) is 2. The van der Waals surface area contributed by atoms with Crippen LogP contribution in [0.4, 0.5) is 5.13 Å². The highest BCUT2D eigenvalue weighted by Gasteiger charge is 2.27. The lowest BCUT2D eigenvalue weighted by Crippen LogP contribution is -2.23. The zero-order valence-electron chi connectivity index (χ0n) is 12.6. The van der Waals surface area contributed by atoms with E-state index in [-0.39, 0.29) is 11.9 Å². The molecular weight excluding hydrogens is 286 g/mol. The van der Waals surface area contributed by atoms with Gasteiger partial charge < -0.3 is 16.4 Å². The van der Waals surface area contributed by atoms with E-state index in [4.69, 9.17) is 11.5 Å². The summed E-state index contributed by atoms with van der Waals surface area (Å²) in [7, 11) is 4.06. The van der Waals surface area contributed by atoms with E-state index in [0.717, 1.165) is 42.8 Å². The lowest BCUT2D eigenvalue weighted by atomic mass is 9.86. The molecule has 21 heavy (non-hydrogen) atoms. The summed E-state index contributed by atoms with van der Waals surface area (Å²) in [6.07, 6.45) is 4.11. The van der Waals surface area contributed by atoms with E-state index in [1.165, 1.54) is 11.3 Å². The monoisotopic (exact) mass is 309 g/mol. The van der Waals surface area contributed by atoms with Gasteiger partial charge in [0.25, 0.3) is 0 Å². The van der Waals surface area contributed by atoms with E-state index in [1.807, 2.05) is 14.1 Å². The molecule has 1 atom stereocenters. The number of nitrogens with two attached hydrogens (primary N) is 2. The number of hydrogen-bond acceptors (Lipinski definition) is 5. The lowest BCUT2D eigenvalue weighted by Gasteiger charge is -2.20. The van der Waals surface area contributed by atoms with Crippen molar-refractivity contribution in [3.8, 4) is 0 Å². The van der Waals surface area contributed by atoms with Crippen molar-refractivity contribution in [1.82, 2.24) is 9.88 Å².